The van der Waals surface area contributed by atoms with Gasteiger partial charge in [0.05, 0.1) is 19.2 Å². The molecule has 32 heavy (non-hydrogen) atoms. The Bertz CT molecular complexity index is 1050. The van der Waals surface area contributed by atoms with Gasteiger partial charge in [-0.05, 0) is 48.4 Å². The summed E-state index contributed by atoms with van der Waals surface area (Å²) in [5.74, 6) is -2.27. The van der Waals surface area contributed by atoms with Crippen LogP contribution in [0.4, 0.5) is 5.69 Å². The molecule has 0 radical (unpaired) electrons. The third kappa shape index (κ3) is 5.33. The number of ether oxygens (including phenoxy) is 1. The van der Waals surface area contributed by atoms with Crippen LogP contribution in [0.25, 0.3) is 0 Å². The number of rotatable bonds is 8. The summed E-state index contributed by atoms with van der Waals surface area (Å²) >= 11 is 5.89. The van der Waals surface area contributed by atoms with Crippen molar-refractivity contribution < 1.29 is 29.0 Å². The van der Waals surface area contributed by atoms with Gasteiger partial charge in [0.2, 0.25) is 11.8 Å². The highest BCUT2D eigenvalue weighted by atomic mass is 35.5. The van der Waals surface area contributed by atoms with Gasteiger partial charge in [0, 0.05) is 23.7 Å². The molecule has 0 spiro atoms. The zero-order chi connectivity index (χ0) is 23.3. The van der Waals surface area contributed by atoms with Crippen molar-refractivity contribution in [3.8, 4) is 5.75 Å². The van der Waals surface area contributed by atoms with Crippen LogP contribution in [0.3, 0.4) is 0 Å². The Morgan fingerprint density at radius 2 is 1.78 bits per heavy atom. The molecule has 166 valence electrons. The van der Waals surface area contributed by atoms with Gasteiger partial charge in [0.25, 0.3) is 5.91 Å². The van der Waals surface area contributed by atoms with Crippen molar-refractivity contribution in [3.05, 3.63) is 71.3 Å². The minimum atomic E-state index is -1.29. The number of carbonyl (C=O) groups excluding carboxylic acids is 3. The van der Waals surface area contributed by atoms with Crippen molar-refractivity contribution in [1.29, 1.82) is 0 Å². The predicted molar refractivity (Wildman–Crippen MR) is 118 cm³/mol. The van der Waals surface area contributed by atoms with Gasteiger partial charge in [-0.15, -0.1) is 0 Å². The first-order valence-electron chi connectivity index (χ1n) is 9.77. The standard InChI is InChI=1S/C23H21ClN2O6/c1-32-18-8-2-15(3-9-18)12-13-25(20(27)10-11-22(29)30)19-14-21(28)26(23(19)31)17-6-4-16(24)5-7-17/h2-11,19H,12-14H2,1H3,(H,29,30)/b11-10+/t19-/m1/s1. The number of aliphatic carboxylic acids is 1. The summed E-state index contributed by atoms with van der Waals surface area (Å²) in [5, 5.41) is 9.32. The zero-order valence-electron chi connectivity index (χ0n) is 17.2. The number of carbonyl (C=O) groups is 4. The first kappa shape index (κ1) is 23.0. The number of nitrogens with zero attached hydrogens (tertiary/aromatic N) is 2. The van der Waals surface area contributed by atoms with E-state index in [0.29, 0.717) is 29.0 Å². The number of anilines is 1. The van der Waals surface area contributed by atoms with Crippen LogP contribution in [-0.2, 0) is 25.6 Å². The van der Waals surface area contributed by atoms with E-state index in [1.54, 1.807) is 43.5 Å². The van der Waals surface area contributed by atoms with E-state index in [9.17, 15) is 19.2 Å². The molecule has 0 bridgehead atoms. The van der Waals surface area contributed by atoms with Crippen molar-refractivity contribution in [3.63, 3.8) is 0 Å². The summed E-state index contributed by atoms with van der Waals surface area (Å²) < 4.78 is 5.13. The number of carboxylic acid groups (broad SMARTS) is 1. The molecule has 1 N–H and O–H groups in total. The second-order valence-electron chi connectivity index (χ2n) is 7.07. The molecule has 8 nitrogen and oxygen atoms in total. The van der Waals surface area contributed by atoms with E-state index in [-0.39, 0.29) is 13.0 Å². The van der Waals surface area contributed by atoms with E-state index in [0.717, 1.165) is 16.5 Å². The fourth-order valence-electron chi connectivity index (χ4n) is 3.42. The molecule has 1 atom stereocenters. The quantitative estimate of drug-likeness (QED) is 0.483. The third-order valence-corrected chi connectivity index (χ3v) is 5.29. The molecule has 0 aromatic heterocycles. The smallest absolute Gasteiger partial charge is 0.328 e. The Labute approximate surface area is 189 Å². The second kappa shape index (κ2) is 10.1. The van der Waals surface area contributed by atoms with Crippen molar-refractivity contribution in [2.24, 2.45) is 0 Å². The highest BCUT2D eigenvalue weighted by molar-refractivity contribution is 6.31. The monoisotopic (exact) mass is 456 g/mol. The Morgan fingerprint density at radius 3 is 2.38 bits per heavy atom. The number of benzene rings is 2. The molecule has 1 heterocycles. The maximum atomic E-state index is 13.1. The van der Waals surface area contributed by atoms with Crippen LogP contribution in [0.1, 0.15) is 12.0 Å². The predicted octanol–water partition coefficient (Wildman–Crippen LogP) is 2.69. The Morgan fingerprint density at radius 1 is 1.12 bits per heavy atom. The average molecular weight is 457 g/mol. The molecule has 0 saturated carbocycles. The molecular formula is C23H21ClN2O6. The van der Waals surface area contributed by atoms with Crippen molar-refractivity contribution in [2.75, 3.05) is 18.6 Å². The van der Waals surface area contributed by atoms with Gasteiger partial charge in [0.1, 0.15) is 11.8 Å². The van der Waals surface area contributed by atoms with Crippen molar-refractivity contribution >= 4 is 41.0 Å². The number of imide groups is 1. The van der Waals surface area contributed by atoms with Gasteiger partial charge in [-0.3, -0.25) is 14.4 Å². The summed E-state index contributed by atoms with van der Waals surface area (Å²) in [6.07, 6.45) is 1.80. The van der Waals surface area contributed by atoms with E-state index in [1.165, 1.54) is 4.90 Å². The molecule has 1 saturated heterocycles. The number of amides is 3. The molecule has 3 amide bonds. The molecule has 0 unspecified atom stereocenters. The zero-order valence-corrected chi connectivity index (χ0v) is 18.0. The molecule has 2 aromatic carbocycles. The Balaban J connectivity index is 1.83. The lowest BCUT2D eigenvalue weighted by Gasteiger charge is -2.26. The molecule has 2 aromatic rings. The van der Waals surface area contributed by atoms with E-state index < -0.39 is 29.7 Å². The fourth-order valence-corrected chi connectivity index (χ4v) is 3.55. The van der Waals surface area contributed by atoms with Crippen molar-refractivity contribution in [1.82, 2.24) is 4.90 Å². The van der Waals surface area contributed by atoms with Crippen molar-refractivity contribution in [2.45, 2.75) is 18.9 Å². The fraction of sp³-hybridized carbons (Fsp3) is 0.217. The number of hydrogen-bond donors (Lipinski definition) is 1. The lowest BCUT2D eigenvalue weighted by Crippen LogP contribution is -2.45. The number of methoxy groups -OCH3 is 1. The summed E-state index contributed by atoms with van der Waals surface area (Å²) in [6, 6.07) is 12.4. The SMILES string of the molecule is COc1ccc(CCN(C(=O)/C=C/C(=O)O)[C@@H]2CC(=O)N(c3ccc(Cl)cc3)C2=O)cc1. The normalized spacial score (nSPS) is 15.9. The summed E-state index contributed by atoms with van der Waals surface area (Å²) in [6.45, 7) is 0.118. The first-order valence-corrected chi connectivity index (χ1v) is 10.1. The van der Waals surface area contributed by atoms with Gasteiger partial charge in [-0.25, -0.2) is 9.69 Å². The highest BCUT2D eigenvalue weighted by Crippen LogP contribution is 2.27. The largest absolute Gasteiger partial charge is 0.497 e. The summed E-state index contributed by atoms with van der Waals surface area (Å²) in [5.41, 5.74) is 1.24. The molecule has 0 aliphatic carbocycles. The first-order chi connectivity index (χ1) is 15.3. The molecule has 3 rings (SSSR count). The van der Waals surface area contributed by atoms with Gasteiger partial charge in [-0.1, -0.05) is 23.7 Å². The molecule has 1 aliphatic rings. The summed E-state index contributed by atoms with van der Waals surface area (Å²) in [7, 11) is 1.55. The van der Waals surface area contributed by atoms with Crippen LogP contribution in [0.15, 0.2) is 60.7 Å². The Kier molecular flexibility index (Phi) is 7.27. The number of halogens is 1. The average Bonchev–Trinajstić information content (AvgIpc) is 3.07. The van der Waals surface area contributed by atoms with Crippen LogP contribution in [0.5, 0.6) is 5.75 Å². The lowest BCUT2D eigenvalue weighted by molar-refractivity contribution is -0.135. The van der Waals surface area contributed by atoms with Gasteiger partial charge >= 0.3 is 5.97 Å². The van der Waals surface area contributed by atoms with E-state index in [1.807, 2.05) is 12.1 Å². The third-order valence-electron chi connectivity index (χ3n) is 5.04. The molecular weight excluding hydrogens is 436 g/mol. The number of carboxylic acids is 1. The van der Waals surface area contributed by atoms with Crippen LogP contribution in [-0.4, -0.2) is 53.4 Å². The van der Waals surface area contributed by atoms with Crippen LogP contribution in [0.2, 0.25) is 5.02 Å². The van der Waals surface area contributed by atoms with E-state index >= 15 is 0 Å². The molecule has 1 aliphatic heterocycles. The maximum absolute atomic E-state index is 13.1. The minimum Gasteiger partial charge on any atom is -0.497 e. The van der Waals surface area contributed by atoms with Gasteiger partial charge in [-0.2, -0.15) is 0 Å². The Hall–Kier alpha value is -3.65. The topological polar surface area (TPSA) is 104 Å². The van der Waals surface area contributed by atoms with Crippen LogP contribution in [0, 0.1) is 0 Å². The highest BCUT2D eigenvalue weighted by Gasteiger charge is 2.43. The molecule has 9 heteroatoms. The second-order valence-corrected chi connectivity index (χ2v) is 7.50. The van der Waals surface area contributed by atoms with E-state index in [2.05, 4.69) is 0 Å². The lowest BCUT2D eigenvalue weighted by atomic mass is 10.1. The van der Waals surface area contributed by atoms with Gasteiger partial charge < -0.3 is 14.7 Å². The summed E-state index contributed by atoms with van der Waals surface area (Å²) in [4.78, 5) is 51.6. The van der Waals surface area contributed by atoms with E-state index in [4.69, 9.17) is 21.4 Å². The minimum absolute atomic E-state index is 0.118. The maximum Gasteiger partial charge on any atom is 0.328 e. The molecule has 1 fully saturated rings. The van der Waals surface area contributed by atoms with Crippen LogP contribution >= 0.6 is 11.6 Å². The number of hydrogen-bond acceptors (Lipinski definition) is 5. The van der Waals surface area contributed by atoms with Crippen LogP contribution < -0.4 is 9.64 Å². The van der Waals surface area contributed by atoms with Gasteiger partial charge in [0.15, 0.2) is 0 Å².